The highest BCUT2D eigenvalue weighted by atomic mass is 19.1. The summed E-state index contributed by atoms with van der Waals surface area (Å²) in [6.07, 6.45) is 7.19. The van der Waals surface area contributed by atoms with Gasteiger partial charge < -0.3 is 4.74 Å². The second-order valence-corrected chi connectivity index (χ2v) is 6.00. The van der Waals surface area contributed by atoms with Gasteiger partial charge >= 0.3 is 5.97 Å². The van der Waals surface area contributed by atoms with E-state index in [-0.39, 0.29) is 11.1 Å². The molecule has 0 aliphatic carbocycles. The van der Waals surface area contributed by atoms with E-state index in [1.165, 1.54) is 43.4 Å². The number of esters is 1. The van der Waals surface area contributed by atoms with Gasteiger partial charge in [0.25, 0.3) is 0 Å². The van der Waals surface area contributed by atoms with E-state index < -0.39 is 11.8 Å². The van der Waals surface area contributed by atoms with Crippen LogP contribution in [0.25, 0.3) is 0 Å². The first kappa shape index (κ1) is 18.7. The standard InChI is InChI=1S/C21H22FNO2/c1-2-3-4-5-6-7-16-8-12-19(13-9-16)25-21(24)17-10-11-18(15-23)20(22)14-17/h8-14H,2-7H2,1H3. The molecule has 0 fully saturated rings. The highest BCUT2D eigenvalue weighted by Crippen LogP contribution is 2.17. The van der Waals surface area contributed by atoms with Crippen molar-refractivity contribution in [3.63, 3.8) is 0 Å². The summed E-state index contributed by atoms with van der Waals surface area (Å²) >= 11 is 0. The van der Waals surface area contributed by atoms with Crippen molar-refractivity contribution in [2.45, 2.75) is 45.4 Å². The van der Waals surface area contributed by atoms with Gasteiger partial charge in [-0.2, -0.15) is 5.26 Å². The van der Waals surface area contributed by atoms with Crippen LogP contribution in [0.4, 0.5) is 4.39 Å². The molecule has 3 nitrogen and oxygen atoms in total. The van der Waals surface area contributed by atoms with Gasteiger partial charge in [0.05, 0.1) is 11.1 Å². The maximum atomic E-state index is 13.6. The van der Waals surface area contributed by atoms with E-state index in [4.69, 9.17) is 10.00 Å². The average Bonchev–Trinajstić information content (AvgIpc) is 2.62. The second kappa shape index (κ2) is 9.58. The summed E-state index contributed by atoms with van der Waals surface area (Å²) in [5, 5.41) is 8.71. The molecular formula is C21H22FNO2. The third kappa shape index (κ3) is 5.72. The Balaban J connectivity index is 1.89. The average molecular weight is 339 g/mol. The van der Waals surface area contributed by atoms with Crippen molar-refractivity contribution in [3.05, 3.63) is 65.0 Å². The molecular weight excluding hydrogens is 317 g/mol. The molecule has 2 aromatic rings. The molecule has 0 bridgehead atoms. The molecule has 0 atom stereocenters. The van der Waals surface area contributed by atoms with Gasteiger partial charge in [-0.05, 0) is 48.7 Å². The molecule has 25 heavy (non-hydrogen) atoms. The van der Waals surface area contributed by atoms with Crippen molar-refractivity contribution in [1.82, 2.24) is 0 Å². The van der Waals surface area contributed by atoms with Crippen LogP contribution in [0, 0.1) is 17.1 Å². The highest BCUT2D eigenvalue weighted by Gasteiger charge is 2.12. The zero-order chi connectivity index (χ0) is 18.1. The molecule has 0 saturated carbocycles. The first-order chi connectivity index (χ1) is 12.1. The Morgan fingerprint density at radius 2 is 1.80 bits per heavy atom. The van der Waals surface area contributed by atoms with Crippen LogP contribution in [0.2, 0.25) is 0 Å². The predicted molar refractivity (Wildman–Crippen MR) is 95.0 cm³/mol. The Morgan fingerprint density at radius 3 is 2.44 bits per heavy atom. The quantitative estimate of drug-likeness (QED) is 0.366. The van der Waals surface area contributed by atoms with Crippen LogP contribution in [-0.2, 0) is 6.42 Å². The van der Waals surface area contributed by atoms with Crippen molar-refractivity contribution < 1.29 is 13.9 Å². The number of rotatable bonds is 8. The fraction of sp³-hybridized carbons (Fsp3) is 0.333. The van der Waals surface area contributed by atoms with E-state index >= 15 is 0 Å². The number of carbonyl (C=O) groups is 1. The molecule has 0 aliphatic heterocycles. The number of hydrogen-bond donors (Lipinski definition) is 0. The first-order valence-electron chi connectivity index (χ1n) is 8.65. The molecule has 0 aliphatic rings. The van der Waals surface area contributed by atoms with E-state index in [0.717, 1.165) is 18.9 Å². The van der Waals surface area contributed by atoms with E-state index in [9.17, 15) is 9.18 Å². The SMILES string of the molecule is CCCCCCCc1ccc(OC(=O)c2ccc(C#N)c(F)c2)cc1. The molecule has 0 amide bonds. The zero-order valence-corrected chi connectivity index (χ0v) is 14.4. The number of carbonyl (C=O) groups excluding carboxylic acids is 1. The van der Waals surface area contributed by atoms with Crippen LogP contribution in [-0.4, -0.2) is 5.97 Å². The third-order valence-electron chi connectivity index (χ3n) is 4.03. The lowest BCUT2D eigenvalue weighted by Gasteiger charge is -2.06. The lowest BCUT2D eigenvalue weighted by molar-refractivity contribution is 0.0734. The van der Waals surface area contributed by atoms with Gasteiger partial charge in [0.2, 0.25) is 0 Å². The number of unbranched alkanes of at least 4 members (excludes halogenated alkanes) is 4. The number of halogens is 1. The summed E-state index contributed by atoms with van der Waals surface area (Å²) in [4.78, 5) is 12.1. The molecule has 4 heteroatoms. The van der Waals surface area contributed by atoms with Gasteiger partial charge in [0.15, 0.2) is 0 Å². The van der Waals surface area contributed by atoms with Gasteiger partial charge in [0, 0.05) is 0 Å². The molecule has 0 unspecified atom stereocenters. The topological polar surface area (TPSA) is 50.1 Å². The van der Waals surface area contributed by atoms with E-state index in [2.05, 4.69) is 6.92 Å². The fourth-order valence-corrected chi connectivity index (χ4v) is 2.56. The second-order valence-electron chi connectivity index (χ2n) is 6.00. The number of ether oxygens (including phenoxy) is 1. The van der Waals surface area contributed by atoms with E-state index in [1.807, 2.05) is 12.1 Å². The number of hydrogen-bond acceptors (Lipinski definition) is 3. The maximum absolute atomic E-state index is 13.6. The molecule has 130 valence electrons. The summed E-state index contributed by atoms with van der Waals surface area (Å²) in [5.41, 5.74) is 1.19. The minimum Gasteiger partial charge on any atom is -0.423 e. The fourth-order valence-electron chi connectivity index (χ4n) is 2.56. The Kier molecular flexibility index (Phi) is 7.16. The lowest BCUT2D eigenvalue weighted by Crippen LogP contribution is -2.09. The van der Waals surface area contributed by atoms with Crippen LogP contribution in [0.5, 0.6) is 5.75 Å². The summed E-state index contributed by atoms with van der Waals surface area (Å²) in [6.45, 7) is 2.20. The van der Waals surface area contributed by atoms with Crippen LogP contribution in [0.15, 0.2) is 42.5 Å². The number of benzene rings is 2. The van der Waals surface area contributed by atoms with Gasteiger partial charge in [-0.25, -0.2) is 9.18 Å². The van der Waals surface area contributed by atoms with Gasteiger partial charge in [-0.15, -0.1) is 0 Å². The summed E-state index contributed by atoms with van der Waals surface area (Å²) in [5.74, 6) is -0.949. The Morgan fingerprint density at radius 1 is 1.08 bits per heavy atom. The van der Waals surface area contributed by atoms with Gasteiger partial charge in [-0.1, -0.05) is 44.7 Å². The lowest BCUT2D eigenvalue weighted by atomic mass is 10.1. The van der Waals surface area contributed by atoms with E-state index in [0.29, 0.717) is 5.75 Å². The largest absolute Gasteiger partial charge is 0.423 e. The molecule has 2 aromatic carbocycles. The summed E-state index contributed by atoms with van der Waals surface area (Å²) in [7, 11) is 0. The molecule has 0 aromatic heterocycles. The predicted octanol–water partition coefficient (Wildman–Crippen LogP) is 5.43. The van der Waals surface area contributed by atoms with Crippen LogP contribution < -0.4 is 4.74 Å². The molecule has 0 radical (unpaired) electrons. The minimum absolute atomic E-state index is 0.0801. The Labute approximate surface area is 148 Å². The zero-order valence-electron chi connectivity index (χ0n) is 14.4. The molecule has 0 N–H and O–H groups in total. The van der Waals surface area contributed by atoms with Crippen molar-refractivity contribution >= 4 is 5.97 Å². The number of nitrogens with zero attached hydrogens (tertiary/aromatic N) is 1. The number of nitriles is 1. The van der Waals surface area contributed by atoms with Crippen molar-refractivity contribution in [3.8, 4) is 11.8 Å². The molecule has 2 rings (SSSR count). The highest BCUT2D eigenvalue weighted by molar-refractivity contribution is 5.91. The van der Waals surface area contributed by atoms with Crippen molar-refractivity contribution in [2.24, 2.45) is 0 Å². The van der Waals surface area contributed by atoms with Crippen molar-refractivity contribution in [2.75, 3.05) is 0 Å². The summed E-state index contributed by atoms with van der Waals surface area (Å²) in [6, 6.07) is 12.8. The van der Waals surface area contributed by atoms with Crippen LogP contribution >= 0.6 is 0 Å². The normalized spacial score (nSPS) is 10.3. The van der Waals surface area contributed by atoms with Crippen LogP contribution in [0.1, 0.15) is 60.5 Å². The smallest absolute Gasteiger partial charge is 0.343 e. The molecule has 0 spiro atoms. The van der Waals surface area contributed by atoms with E-state index in [1.54, 1.807) is 18.2 Å². The summed E-state index contributed by atoms with van der Waals surface area (Å²) < 4.78 is 18.8. The van der Waals surface area contributed by atoms with Crippen LogP contribution in [0.3, 0.4) is 0 Å². The maximum Gasteiger partial charge on any atom is 0.343 e. The minimum atomic E-state index is -0.727. The Bertz CT molecular complexity index is 747. The molecule has 0 saturated heterocycles. The number of aryl methyl sites for hydroxylation is 1. The van der Waals surface area contributed by atoms with Crippen molar-refractivity contribution in [1.29, 1.82) is 5.26 Å². The molecule has 0 heterocycles. The first-order valence-corrected chi connectivity index (χ1v) is 8.65. The Hall–Kier alpha value is -2.67. The van der Waals surface area contributed by atoms with Gasteiger partial charge in [-0.3, -0.25) is 0 Å². The van der Waals surface area contributed by atoms with Gasteiger partial charge in [0.1, 0.15) is 17.6 Å². The monoisotopic (exact) mass is 339 g/mol. The third-order valence-corrected chi connectivity index (χ3v) is 4.03.